The highest BCUT2D eigenvalue weighted by Crippen LogP contribution is 2.37. The fourth-order valence-corrected chi connectivity index (χ4v) is 3.18. The number of aliphatic hydroxyl groups is 1. The standard InChI is InChI=1S/C17H22N4O5/c1-10-13(11(2)26-20-10)16(22)21-7-5-17(23,6-8-21)14-15(25-4)19-12(24-3)9-18-14/h9,23H,5-8H2,1-4H3. The third kappa shape index (κ3) is 3.10. The Morgan fingerprint density at radius 1 is 1.27 bits per heavy atom. The highest BCUT2D eigenvalue weighted by Gasteiger charge is 2.40. The molecule has 9 nitrogen and oxygen atoms in total. The summed E-state index contributed by atoms with van der Waals surface area (Å²) in [5.74, 6) is 0.879. The van der Waals surface area contributed by atoms with E-state index in [0.29, 0.717) is 54.5 Å². The molecule has 0 spiro atoms. The van der Waals surface area contributed by atoms with Crippen LogP contribution in [-0.4, -0.2) is 58.3 Å². The van der Waals surface area contributed by atoms with Gasteiger partial charge in [0.05, 0.1) is 26.1 Å². The number of methoxy groups -OCH3 is 2. The molecule has 1 saturated heterocycles. The smallest absolute Gasteiger partial charge is 0.259 e. The van der Waals surface area contributed by atoms with Crippen molar-refractivity contribution in [3.63, 3.8) is 0 Å². The molecule has 1 fully saturated rings. The van der Waals surface area contributed by atoms with E-state index in [1.54, 1.807) is 18.7 Å². The molecular weight excluding hydrogens is 340 g/mol. The average molecular weight is 362 g/mol. The lowest BCUT2D eigenvalue weighted by atomic mass is 9.87. The van der Waals surface area contributed by atoms with Crippen molar-refractivity contribution >= 4 is 5.91 Å². The fraction of sp³-hybridized carbons (Fsp3) is 0.529. The van der Waals surface area contributed by atoms with Gasteiger partial charge in [0, 0.05) is 13.1 Å². The molecule has 26 heavy (non-hydrogen) atoms. The molecule has 0 bridgehead atoms. The Balaban J connectivity index is 1.78. The van der Waals surface area contributed by atoms with Gasteiger partial charge in [-0.3, -0.25) is 4.79 Å². The third-order valence-electron chi connectivity index (χ3n) is 4.69. The van der Waals surface area contributed by atoms with Crippen LogP contribution in [0.2, 0.25) is 0 Å². The van der Waals surface area contributed by atoms with Gasteiger partial charge < -0.3 is 24.0 Å². The molecule has 0 atom stereocenters. The Morgan fingerprint density at radius 2 is 1.96 bits per heavy atom. The number of carbonyl (C=O) groups excluding carboxylic acids is 1. The molecule has 0 aromatic carbocycles. The summed E-state index contributed by atoms with van der Waals surface area (Å²) in [6, 6.07) is 0. The summed E-state index contributed by atoms with van der Waals surface area (Å²) in [6.07, 6.45) is 2.08. The van der Waals surface area contributed by atoms with Crippen molar-refractivity contribution in [2.75, 3.05) is 27.3 Å². The number of carbonyl (C=O) groups is 1. The van der Waals surface area contributed by atoms with E-state index in [-0.39, 0.29) is 11.8 Å². The molecule has 1 aliphatic rings. The van der Waals surface area contributed by atoms with E-state index in [0.717, 1.165) is 0 Å². The minimum Gasteiger partial charge on any atom is -0.480 e. The SMILES string of the molecule is COc1cnc(C2(O)CCN(C(=O)c3c(C)noc3C)CC2)c(OC)n1. The predicted molar refractivity (Wildman–Crippen MR) is 90.1 cm³/mol. The molecular formula is C17H22N4O5. The van der Waals surface area contributed by atoms with Gasteiger partial charge in [0.2, 0.25) is 11.8 Å². The number of hydrogen-bond donors (Lipinski definition) is 1. The summed E-state index contributed by atoms with van der Waals surface area (Å²) >= 11 is 0. The maximum Gasteiger partial charge on any atom is 0.259 e. The van der Waals surface area contributed by atoms with Crippen molar-refractivity contribution in [2.24, 2.45) is 0 Å². The van der Waals surface area contributed by atoms with E-state index < -0.39 is 5.60 Å². The second-order valence-electron chi connectivity index (χ2n) is 6.29. The Labute approximate surface area is 150 Å². The van der Waals surface area contributed by atoms with Crippen molar-refractivity contribution in [1.29, 1.82) is 0 Å². The van der Waals surface area contributed by atoms with E-state index >= 15 is 0 Å². The Bertz CT molecular complexity index is 792. The minimum absolute atomic E-state index is 0.143. The first-order valence-corrected chi connectivity index (χ1v) is 8.29. The number of hydrogen-bond acceptors (Lipinski definition) is 8. The van der Waals surface area contributed by atoms with E-state index in [1.165, 1.54) is 20.4 Å². The third-order valence-corrected chi connectivity index (χ3v) is 4.69. The van der Waals surface area contributed by atoms with Gasteiger partial charge in [0.15, 0.2) is 0 Å². The first-order valence-electron chi connectivity index (χ1n) is 8.29. The van der Waals surface area contributed by atoms with Gasteiger partial charge in [-0.25, -0.2) is 4.98 Å². The van der Waals surface area contributed by atoms with Crippen molar-refractivity contribution in [1.82, 2.24) is 20.0 Å². The van der Waals surface area contributed by atoms with Crippen LogP contribution in [0.1, 0.15) is 40.3 Å². The van der Waals surface area contributed by atoms with Crippen molar-refractivity contribution in [3.05, 3.63) is 28.9 Å². The second-order valence-corrected chi connectivity index (χ2v) is 6.29. The van der Waals surface area contributed by atoms with E-state index in [1.807, 2.05) is 0 Å². The van der Waals surface area contributed by atoms with Gasteiger partial charge in [-0.1, -0.05) is 5.16 Å². The number of ether oxygens (including phenoxy) is 2. The van der Waals surface area contributed by atoms with Gasteiger partial charge >= 0.3 is 0 Å². The fourth-order valence-electron chi connectivity index (χ4n) is 3.18. The molecule has 3 heterocycles. The van der Waals surface area contributed by atoms with Gasteiger partial charge in [0.1, 0.15) is 22.6 Å². The molecule has 0 radical (unpaired) electrons. The summed E-state index contributed by atoms with van der Waals surface area (Å²) in [7, 11) is 2.95. The topological polar surface area (TPSA) is 111 Å². The van der Waals surface area contributed by atoms with Crippen LogP contribution in [0.3, 0.4) is 0 Å². The molecule has 1 amide bonds. The van der Waals surface area contributed by atoms with E-state index in [4.69, 9.17) is 14.0 Å². The number of amides is 1. The summed E-state index contributed by atoms with van der Waals surface area (Å²) < 4.78 is 15.4. The monoisotopic (exact) mass is 362 g/mol. The largest absolute Gasteiger partial charge is 0.480 e. The second kappa shape index (κ2) is 6.91. The lowest BCUT2D eigenvalue weighted by Gasteiger charge is -2.37. The average Bonchev–Trinajstić information content (AvgIpc) is 2.99. The van der Waals surface area contributed by atoms with Crippen molar-refractivity contribution in [2.45, 2.75) is 32.3 Å². The summed E-state index contributed by atoms with van der Waals surface area (Å²) in [5.41, 5.74) is 0.179. The number of piperidine rings is 1. The van der Waals surface area contributed by atoms with Crippen LogP contribution in [0.5, 0.6) is 11.8 Å². The van der Waals surface area contributed by atoms with Gasteiger partial charge in [0.25, 0.3) is 5.91 Å². The quantitative estimate of drug-likeness (QED) is 0.864. The van der Waals surface area contributed by atoms with Crippen LogP contribution in [0.15, 0.2) is 10.7 Å². The Hall–Kier alpha value is -2.68. The molecule has 1 N–H and O–H groups in total. The molecule has 0 aliphatic carbocycles. The summed E-state index contributed by atoms with van der Waals surface area (Å²) in [5, 5.41) is 14.9. The number of likely N-dealkylation sites (tertiary alicyclic amines) is 1. The van der Waals surface area contributed by atoms with Crippen LogP contribution >= 0.6 is 0 Å². The number of nitrogens with zero attached hydrogens (tertiary/aromatic N) is 4. The molecule has 2 aromatic rings. The highest BCUT2D eigenvalue weighted by molar-refractivity contribution is 5.96. The Morgan fingerprint density at radius 3 is 2.50 bits per heavy atom. The van der Waals surface area contributed by atoms with Crippen molar-refractivity contribution < 1.29 is 23.9 Å². The Kier molecular flexibility index (Phi) is 4.82. The van der Waals surface area contributed by atoms with Gasteiger partial charge in [-0.05, 0) is 26.7 Å². The predicted octanol–water partition coefficient (Wildman–Crippen LogP) is 1.22. The van der Waals surface area contributed by atoms with Crippen LogP contribution in [-0.2, 0) is 5.60 Å². The van der Waals surface area contributed by atoms with Crippen LogP contribution in [0.4, 0.5) is 0 Å². The molecule has 9 heteroatoms. The van der Waals surface area contributed by atoms with Gasteiger partial charge in [-0.2, -0.15) is 4.98 Å². The van der Waals surface area contributed by atoms with E-state index in [2.05, 4.69) is 15.1 Å². The maximum absolute atomic E-state index is 12.7. The molecule has 2 aromatic heterocycles. The van der Waals surface area contributed by atoms with E-state index in [9.17, 15) is 9.90 Å². The lowest BCUT2D eigenvalue weighted by Crippen LogP contribution is -2.46. The number of aromatic nitrogens is 3. The number of rotatable bonds is 4. The summed E-state index contributed by atoms with van der Waals surface area (Å²) in [6.45, 7) is 4.19. The zero-order valence-electron chi connectivity index (χ0n) is 15.3. The maximum atomic E-state index is 12.7. The normalized spacial score (nSPS) is 16.4. The molecule has 0 saturated carbocycles. The highest BCUT2D eigenvalue weighted by atomic mass is 16.5. The molecule has 0 unspecified atom stereocenters. The van der Waals surface area contributed by atoms with Crippen LogP contribution in [0.25, 0.3) is 0 Å². The van der Waals surface area contributed by atoms with Crippen LogP contribution < -0.4 is 9.47 Å². The summed E-state index contributed by atoms with van der Waals surface area (Å²) in [4.78, 5) is 22.9. The van der Waals surface area contributed by atoms with Crippen LogP contribution in [0, 0.1) is 13.8 Å². The molecule has 1 aliphatic heterocycles. The zero-order valence-corrected chi connectivity index (χ0v) is 15.3. The minimum atomic E-state index is -1.22. The number of aryl methyl sites for hydroxylation is 2. The lowest BCUT2D eigenvalue weighted by molar-refractivity contribution is -0.0265. The van der Waals surface area contributed by atoms with Gasteiger partial charge in [-0.15, -0.1) is 0 Å². The molecule has 3 rings (SSSR count). The van der Waals surface area contributed by atoms with Crippen molar-refractivity contribution in [3.8, 4) is 11.8 Å². The first-order chi connectivity index (χ1) is 12.4. The molecule has 140 valence electrons. The zero-order chi connectivity index (χ0) is 18.9. The first kappa shape index (κ1) is 18.1.